The van der Waals surface area contributed by atoms with Gasteiger partial charge in [0.25, 0.3) is 0 Å². The Balaban J connectivity index is 1.17. The summed E-state index contributed by atoms with van der Waals surface area (Å²) in [5, 5.41) is 59.2. The number of aliphatic hydroxyl groups excluding tert-OH is 4. The lowest BCUT2D eigenvalue weighted by Crippen LogP contribution is -2.67. The number of carbonyl (C=O) groups excluding carboxylic acids is 1. The highest BCUT2D eigenvalue weighted by atomic mass is 19.1. The first-order valence-corrected chi connectivity index (χ1v) is 14.6. The van der Waals surface area contributed by atoms with E-state index in [1.807, 2.05) is 6.92 Å². The first-order valence-electron chi connectivity index (χ1n) is 14.6. The number of oxime groups is 1. The molecule has 2 aromatic rings. The van der Waals surface area contributed by atoms with Gasteiger partial charge >= 0.3 is 0 Å². The number of hydrogen-bond acceptors (Lipinski definition) is 12. The fraction of sp³-hybridized carbons (Fsp3) is 0.484. The van der Waals surface area contributed by atoms with Crippen molar-refractivity contribution in [2.75, 3.05) is 6.79 Å². The van der Waals surface area contributed by atoms with Crippen LogP contribution in [0.5, 0.6) is 11.5 Å². The Bertz CT molecular complexity index is 1400. The van der Waals surface area contributed by atoms with Crippen LogP contribution in [-0.4, -0.2) is 99.0 Å². The third-order valence-corrected chi connectivity index (χ3v) is 7.98. The van der Waals surface area contributed by atoms with Crippen LogP contribution in [0.1, 0.15) is 37.8 Å². The van der Waals surface area contributed by atoms with E-state index < -0.39 is 61.0 Å². The van der Waals surface area contributed by atoms with E-state index in [1.54, 1.807) is 18.2 Å². The molecule has 2 aromatic carbocycles. The summed E-state index contributed by atoms with van der Waals surface area (Å²) in [5.41, 5.74) is 1.83. The standard InChI is InChI=1S/C31H37FN2O11/c1-3-19(34-43-13-16-4-7-18(32)8-5-16)28-21(36)12-23(45-28)44-22-9-6-17(11-20(22)35)10-15(2)31(40)33-24-25(37)27(39)30-29(26(24)38)41-14-42-30/h4-11,21,23-30,35-39H,3,12-14H2,1-2H3,(H,33,40)/b15-10+,34-19+/t21-,23+,24+,25-,26+,27+,28+,29-,30+/m0/s1. The molecule has 1 saturated carbocycles. The molecule has 0 unspecified atom stereocenters. The number of aromatic hydroxyl groups is 1. The maximum absolute atomic E-state index is 13.1. The molecule has 2 saturated heterocycles. The molecule has 5 rings (SSSR count). The highest BCUT2D eigenvalue weighted by Crippen LogP contribution is 2.33. The Kier molecular flexibility index (Phi) is 10.3. The van der Waals surface area contributed by atoms with E-state index >= 15 is 0 Å². The molecule has 13 nitrogen and oxygen atoms in total. The molecule has 1 amide bonds. The van der Waals surface area contributed by atoms with Gasteiger partial charge in [-0.15, -0.1) is 0 Å². The van der Waals surface area contributed by atoms with Crippen molar-refractivity contribution < 1.29 is 58.5 Å². The molecule has 9 atom stereocenters. The zero-order chi connectivity index (χ0) is 32.2. The summed E-state index contributed by atoms with van der Waals surface area (Å²) in [6.45, 7) is 3.32. The molecule has 14 heteroatoms. The molecule has 0 spiro atoms. The third kappa shape index (κ3) is 7.44. The van der Waals surface area contributed by atoms with E-state index in [-0.39, 0.29) is 42.7 Å². The number of fused-ring (bicyclic) bond motifs is 1. The zero-order valence-electron chi connectivity index (χ0n) is 24.7. The number of phenols is 1. The maximum atomic E-state index is 13.1. The van der Waals surface area contributed by atoms with Crippen molar-refractivity contribution in [3.05, 3.63) is 65.0 Å². The number of rotatable bonds is 10. The molecule has 2 aliphatic heterocycles. The predicted molar refractivity (Wildman–Crippen MR) is 155 cm³/mol. The number of nitrogens with one attached hydrogen (secondary N) is 1. The number of halogens is 1. The van der Waals surface area contributed by atoms with Crippen LogP contribution in [0.3, 0.4) is 0 Å². The maximum Gasteiger partial charge on any atom is 0.247 e. The minimum atomic E-state index is -1.48. The molecule has 45 heavy (non-hydrogen) atoms. The van der Waals surface area contributed by atoms with Crippen LogP contribution >= 0.6 is 0 Å². The van der Waals surface area contributed by atoms with Gasteiger partial charge < -0.3 is 54.6 Å². The van der Waals surface area contributed by atoms with E-state index in [4.69, 9.17) is 23.8 Å². The van der Waals surface area contributed by atoms with Crippen molar-refractivity contribution in [3.63, 3.8) is 0 Å². The topological polar surface area (TPSA) is 189 Å². The van der Waals surface area contributed by atoms with Crippen LogP contribution < -0.4 is 10.1 Å². The number of carbonyl (C=O) groups is 1. The van der Waals surface area contributed by atoms with Gasteiger partial charge in [0.2, 0.25) is 12.2 Å². The fourth-order valence-corrected chi connectivity index (χ4v) is 5.50. The van der Waals surface area contributed by atoms with Crippen LogP contribution in [0.15, 0.2) is 53.2 Å². The van der Waals surface area contributed by atoms with Gasteiger partial charge in [-0.25, -0.2) is 4.39 Å². The van der Waals surface area contributed by atoms with Gasteiger partial charge in [-0.2, -0.15) is 0 Å². The summed E-state index contributed by atoms with van der Waals surface area (Å²) in [7, 11) is 0. The minimum absolute atomic E-state index is 0.0884. The van der Waals surface area contributed by atoms with E-state index in [0.717, 1.165) is 5.56 Å². The SMILES string of the molecule is CC/C(=N\OCc1ccc(F)cc1)[C@H]1O[C@@H](Oc2ccc(/C=C(\C)C(=O)N[C@@H]3[C@H](O)[C@@H](O)[C@H]4OCO[C@H]4[C@@H]3O)cc2O)C[C@@H]1O. The molecule has 1 aliphatic carbocycles. The average Bonchev–Trinajstić information content (AvgIpc) is 3.66. The highest BCUT2D eigenvalue weighted by molar-refractivity contribution is 5.97. The molecule has 3 aliphatic rings. The molecule has 0 aromatic heterocycles. The second-order valence-electron chi connectivity index (χ2n) is 11.1. The first-order chi connectivity index (χ1) is 21.5. The van der Waals surface area contributed by atoms with E-state index in [2.05, 4.69) is 10.5 Å². The van der Waals surface area contributed by atoms with Gasteiger partial charge in [-0.1, -0.05) is 30.3 Å². The summed E-state index contributed by atoms with van der Waals surface area (Å²) in [4.78, 5) is 18.3. The Morgan fingerprint density at radius 3 is 2.47 bits per heavy atom. The summed E-state index contributed by atoms with van der Waals surface area (Å²) in [6, 6.07) is 9.07. The van der Waals surface area contributed by atoms with Crippen molar-refractivity contribution >= 4 is 17.7 Å². The van der Waals surface area contributed by atoms with Crippen LogP contribution in [0.2, 0.25) is 0 Å². The lowest BCUT2D eigenvalue weighted by atomic mass is 9.83. The Labute approximate surface area is 258 Å². The van der Waals surface area contributed by atoms with Crippen molar-refractivity contribution in [1.29, 1.82) is 0 Å². The zero-order valence-corrected chi connectivity index (χ0v) is 24.7. The number of phenolic OH excluding ortho intramolecular Hbond substituents is 1. The van der Waals surface area contributed by atoms with Gasteiger partial charge in [0.1, 0.15) is 55.8 Å². The van der Waals surface area contributed by atoms with E-state index in [0.29, 0.717) is 17.7 Å². The summed E-state index contributed by atoms with van der Waals surface area (Å²) < 4.78 is 35.3. The average molecular weight is 633 g/mol. The molecule has 0 radical (unpaired) electrons. The summed E-state index contributed by atoms with van der Waals surface area (Å²) >= 11 is 0. The third-order valence-electron chi connectivity index (χ3n) is 7.98. The van der Waals surface area contributed by atoms with Gasteiger partial charge in [0.15, 0.2) is 11.5 Å². The fourth-order valence-electron chi connectivity index (χ4n) is 5.50. The second kappa shape index (κ2) is 14.2. The molecule has 2 heterocycles. The second-order valence-corrected chi connectivity index (χ2v) is 11.1. The van der Waals surface area contributed by atoms with Crippen LogP contribution in [0, 0.1) is 5.82 Å². The minimum Gasteiger partial charge on any atom is -0.504 e. The summed E-state index contributed by atoms with van der Waals surface area (Å²) in [6.07, 6.45) is -6.55. The van der Waals surface area contributed by atoms with Gasteiger partial charge in [0, 0.05) is 12.0 Å². The first kappa shape index (κ1) is 32.8. The van der Waals surface area contributed by atoms with Crippen LogP contribution in [-0.2, 0) is 30.4 Å². The summed E-state index contributed by atoms with van der Waals surface area (Å²) in [5.74, 6) is -1.12. The monoisotopic (exact) mass is 632 g/mol. The largest absolute Gasteiger partial charge is 0.504 e. The number of hydrogen-bond donors (Lipinski definition) is 6. The smallest absolute Gasteiger partial charge is 0.247 e. The van der Waals surface area contributed by atoms with Crippen molar-refractivity contribution in [3.8, 4) is 11.5 Å². The molecule has 244 valence electrons. The molecular weight excluding hydrogens is 595 g/mol. The molecular formula is C31H37FN2O11. The van der Waals surface area contributed by atoms with E-state index in [1.165, 1.54) is 37.3 Å². The molecule has 0 bridgehead atoms. The number of nitrogens with zero attached hydrogens (tertiary/aromatic N) is 1. The van der Waals surface area contributed by atoms with Crippen molar-refractivity contribution in [2.24, 2.45) is 5.16 Å². The number of benzene rings is 2. The predicted octanol–water partition coefficient (Wildman–Crippen LogP) is 1.09. The lowest BCUT2D eigenvalue weighted by molar-refractivity contribution is -0.155. The number of amides is 1. The Morgan fingerprint density at radius 2 is 1.78 bits per heavy atom. The van der Waals surface area contributed by atoms with E-state index in [9.17, 15) is 34.7 Å². The lowest BCUT2D eigenvalue weighted by Gasteiger charge is -2.41. The van der Waals surface area contributed by atoms with Gasteiger partial charge in [-0.3, -0.25) is 4.79 Å². The van der Waals surface area contributed by atoms with Gasteiger partial charge in [-0.05, 0) is 54.8 Å². The Morgan fingerprint density at radius 1 is 1.07 bits per heavy atom. The van der Waals surface area contributed by atoms with Crippen LogP contribution in [0.25, 0.3) is 6.08 Å². The quantitative estimate of drug-likeness (QED) is 0.125. The normalized spacial score (nSPS) is 31.8. The Hall–Kier alpha value is -3.63. The molecule has 6 N–H and O–H groups in total. The van der Waals surface area contributed by atoms with Crippen molar-refractivity contribution in [2.45, 2.75) is 88.4 Å². The van der Waals surface area contributed by atoms with Crippen molar-refractivity contribution in [1.82, 2.24) is 5.32 Å². The number of ether oxygens (including phenoxy) is 4. The van der Waals surface area contributed by atoms with Crippen LogP contribution in [0.4, 0.5) is 4.39 Å². The van der Waals surface area contributed by atoms with Gasteiger partial charge in [0.05, 0.1) is 17.9 Å². The number of aliphatic hydroxyl groups is 4. The molecule has 3 fully saturated rings. The highest BCUT2D eigenvalue weighted by Gasteiger charge is 2.53.